The molecule has 2 aliphatic rings. The number of likely N-dealkylation sites (N-methyl/N-ethyl adjacent to an activating group) is 1. The van der Waals surface area contributed by atoms with Crippen LogP contribution in [0.4, 0.5) is 0 Å². The smallest absolute Gasteiger partial charge is 0.348 e. The summed E-state index contributed by atoms with van der Waals surface area (Å²) in [5.41, 5.74) is 1.87. The summed E-state index contributed by atoms with van der Waals surface area (Å²) in [6, 6.07) is 7.87. The van der Waals surface area contributed by atoms with Crippen molar-refractivity contribution in [1.29, 1.82) is 0 Å². The fourth-order valence-electron chi connectivity index (χ4n) is 3.25. The molecule has 2 aliphatic heterocycles. The zero-order valence-corrected chi connectivity index (χ0v) is 15.7. The van der Waals surface area contributed by atoms with Crippen molar-refractivity contribution >= 4 is 18.0 Å². The van der Waals surface area contributed by atoms with Gasteiger partial charge in [-0.1, -0.05) is 31.2 Å². The van der Waals surface area contributed by atoms with Gasteiger partial charge in [0, 0.05) is 46.6 Å². The average molecular weight is 358 g/mol. The van der Waals surface area contributed by atoms with Crippen LogP contribution in [0.5, 0.6) is 0 Å². The number of carbonyl (C=O) groups is 2. The highest BCUT2D eigenvalue weighted by Crippen LogP contribution is 2.24. The second-order valence-electron chi connectivity index (χ2n) is 7.19. The molecule has 26 heavy (non-hydrogen) atoms. The highest BCUT2D eigenvalue weighted by Gasteiger charge is 2.38. The van der Waals surface area contributed by atoms with Crippen LogP contribution in [0, 0.1) is 0 Å². The van der Waals surface area contributed by atoms with E-state index in [4.69, 9.17) is 9.47 Å². The van der Waals surface area contributed by atoms with Crippen LogP contribution in [-0.4, -0.2) is 60.2 Å². The maximum Gasteiger partial charge on any atom is 0.348 e. The van der Waals surface area contributed by atoms with E-state index in [-0.39, 0.29) is 5.57 Å². The minimum atomic E-state index is -1.21. The number of esters is 2. The quantitative estimate of drug-likeness (QED) is 0.466. The Kier molecular flexibility index (Phi) is 5.44. The summed E-state index contributed by atoms with van der Waals surface area (Å²) in [4.78, 5) is 29.0. The van der Waals surface area contributed by atoms with Gasteiger partial charge in [-0.3, -0.25) is 4.90 Å². The molecule has 0 atom stereocenters. The first-order valence-electron chi connectivity index (χ1n) is 9.08. The maximum absolute atomic E-state index is 12.1. The fraction of sp³-hybridized carbons (Fsp3) is 0.500. The van der Waals surface area contributed by atoms with Gasteiger partial charge in [0.15, 0.2) is 0 Å². The highest BCUT2D eigenvalue weighted by atomic mass is 16.7. The van der Waals surface area contributed by atoms with Crippen molar-refractivity contribution in [2.45, 2.75) is 33.1 Å². The molecule has 2 fully saturated rings. The van der Waals surface area contributed by atoms with Crippen molar-refractivity contribution < 1.29 is 19.1 Å². The number of nitrogens with zero attached hydrogens (tertiary/aromatic N) is 2. The molecule has 6 heteroatoms. The molecule has 0 unspecified atom stereocenters. The molecule has 0 spiro atoms. The number of cyclic esters (lactones) is 2. The lowest BCUT2D eigenvalue weighted by Crippen LogP contribution is -2.45. The van der Waals surface area contributed by atoms with Crippen molar-refractivity contribution in [3.05, 3.63) is 41.0 Å². The molecule has 0 aliphatic carbocycles. The molecule has 140 valence electrons. The third kappa shape index (κ3) is 4.51. The van der Waals surface area contributed by atoms with E-state index in [0.717, 1.165) is 50.4 Å². The predicted octanol–water partition coefficient (Wildman–Crippen LogP) is 2.04. The lowest BCUT2D eigenvalue weighted by Gasteiger charge is -2.34. The Morgan fingerprint density at radius 2 is 1.65 bits per heavy atom. The molecule has 0 saturated carbocycles. The third-order valence-corrected chi connectivity index (χ3v) is 4.70. The van der Waals surface area contributed by atoms with Crippen LogP contribution in [0.1, 0.15) is 31.9 Å². The molecule has 0 radical (unpaired) electrons. The summed E-state index contributed by atoms with van der Waals surface area (Å²) in [6.07, 6.45) is 1.54. The average Bonchev–Trinajstić information content (AvgIpc) is 2.58. The normalized spacial score (nSPS) is 21.3. The zero-order chi connectivity index (χ0) is 18.7. The predicted molar refractivity (Wildman–Crippen MR) is 98.1 cm³/mol. The van der Waals surface area contributed by atoms with Gasteiger partial charge in [0.1, 0.15) is 5.57 Å². The first kappa shape index (κ1) is 18.6. The van der Waals surface area contributed by atoms with E-state index in [1.165, 1.54) is 0 Å². The number of piperazine rings is 1. The van der Waals surface area contributed by atoms with Crippen LogP contribution in [0.2, 0.25) is 0 Å². The maximum atomic E-state index is 12.1. The van der Waals surface area contributed by atoms with Crippen LogP contribution in [0.15, 0.2) is 29.8 Å². The number of hydrogen-bond donors (Lipinski definition) is 0. The lowest BCUT2D eigenvalue weighted by molar-refractivity contribution is -0.222. The molecule has 1 aromatic rings. The molecular formula is C20H26N2O4. The molecule has 2 heterocycles. The summed E-state index contributed by atoms with van der Waals surface area (Å²) in [5, 5.41) is 0. The van der Waals surface area contributed by atoms with Crippen molar-refractivity contribution in [2.75, 3.05) is 32.7 Å². The Balaban J connectivity index is 1.70. The second-order valence-corrected chi connectivity index (χ2v) is 7.19. The van der Waals surface area contributed by atoms with Crippen LogP contribution >= 0.6 is 0 Å². The van der Waals surface area contributed by atoms with E-state index >= 15 is 0 Å². The van der Waals surface area contributed by atoms with Gasteiger partial charge in [-0.05, 0) is 23.7 Å². The van der Waals surface area contributed by atoms with E-state index in [2.05, 4.69) is 22.8 Å². The van der Waals surface area contributed by atoms with E-state index in [1.54, 1.807) is 19.9 Å². The van der Waals surface area contributed by atoms with Crippen molar-refractivity contribution in [1.82, 2.24) is 9.80 Å². The Morgan fingerprint density at radius 1 is 1.04 bits per heavy atom. The largest absolute Gasteiger partial charge is 0.419 e. The van der Waals surface area contributed by atoms with Crippen molar-refractivity contribution in [2.24, 2.45) is 0 Å². The van der Waals surface area contributed by atoms with Gasteiger partial charge in [0.25, 0.3) is 5.79 Å². The van der Waals surface area contributed by atoms with Crippen LogP contribution in [0.3, 0.4) is 0 Å². The third-order valence-electron chi connectivity index (χ3n) is 4.70. The SMILES string of the molecule is CCN1CCN(Cc2cccc(C=C3C(=O)OC(C)(C)OC3=O)c2)CC1. The first-order valence-corrected chi connectivity index (χ1v) is 9.08. The number of ether oxygens (including phenoxy) is 2. The summed E-state index contributed by atoms with van der Waals surface area (Å²) < 4.78 is 10.3. The van der Waals surface area contributed by atoms with Crippen molar-refractivity contribution in [3.63, 3.8) is 0 Å². The van der Waals surface area contributed by atoms with E-state index in [9.17, 15) is 9.59 Å². The molecule has 2 saturated heterocycles. The molecule has 0 amide bonds. The van der Waals surface area contributed by atoms with Crippen molar-refractivity contribution in [3.8, 4) is 0 Å². The first-order chi connectivity index (χ1) is 12.4. The Morgan fingerprint density at radius 3 is 2.27 bits per heavy atom. The molecule has 3 rings (SSSR count). The number of carbonyl (C=O) groups excluding carboxylic acids is 2. The molecule has 0 N–H and O–H groups in total. The van der Waals surface area contributed by atoms with Gasteiger partial charge in [-0.2, -0.15) is 0 Å². The van der Waals surface area contributed by atoms with Gasteiger partial charge >= 0.3 is 11.9 Å². The summed E-state index contributed by atoms with van der Waals surface area (Å²) >= 11 is 0. The number of benzene rings is 1. The van der Waals surface area contributed by atoms with E-state index < -0.39 is 17.7 Å². The van der Waals surface area contributed by atoms with E-state index in [1.807, 2.05) is 18.2 Å². The molecule has 6 nitrogen and oxygen atoms in total. The summed E-state index contributed by atoms with van der Waals surface area (Å²) in [6.45, 7) is 11.5. The second kappa shape index (κ2) is 7.60. The molecule has 1 aromatic carbocycles. The monoisotopic (exact) mass is 358 g/mol. The minimum Gasteiger partial charge on any atom is -0.419 e. The van der Waals surface area contributed by atoms with Crippen LogP contribution < -0.4 is 0 Å². The van der Waals surface area contributed by atoms with Gasteiger partial charge in [0.2, 0.25) is 0 Å². The Hall–Kier alpha value is -2.18. The Labute approximate surface area is 154 Å². The zero-order valence-electron chi connectivity index (χ0n) is 15.7. The standard InChI is InChI=1S/C20H26N2O4/c1-4-21-8-10-22(11-9-21)14-16-7-5-6-15(12-16)13-17-18(23)25-20(2,3)26-19(17)24/h5-7,12-13H,4,8-11,14H2,1-3H3. The topological polar surface area (TPSA) is 59.1 Å². The van der Waals surface area contributed by atoms with Gasteiger partial charge in [0.05, 0.1) is 0 Å². The highest BCUT2D eigenvalue weighted by molar-refractivity contribution is 6.18. The molecule has 0 aromatic heterocycles. The van der Waals surface area contributed by atoms with E-state index in [0.29, 0.717) is 0 Å². The Bertz CT molecular complexity index is 696. The number of hydrogen-bond acceptors (Lipinski definition) is 6. The minimum absolute atomic E-state index is 0.0713. The van der Waals surface area contributed by atoms with Crippen LogP contribution in [-0.2, 0) is 25.6 Å². The lowest BCUT2D eigenvalue weighted by atomic mass is 10.1. The number of rotatable bonds is 4. The molecular weight excluding hydrogens is 332 g/mol. The summed E-state index contributed by atoms with van der Waals surface area (Å²) in [7, 11) is 0. The molecule has 0 bridgehead atoms. The van der Waals surface area contributed by atoms with Gasteiger partial charge in [-0.25, -0.2) is 9.59 Å². The fourth-order valence-corrected chi connectivity index (χ4v) is 3.25. The van der Waals surface area contributed by atoms with Gasteiger partial charge in [-0.15, -0.1) is 0 Å². The van der Waals surface area contributed by atoms with Crippen LogP contribution in [0.25, 0.3) is 6.08 Å². The van der Waals surface area contributed by atoms with Gasteiger partial charge < -0.3 is 14.4 Å². The summed E-state index contributed by atoms with van der Waals surface area (Å²) in [5.74, 6) is -2.51.